The van der Waals surface area contributed by atoms with Gasteiger partial charge in [-0.1, -0.05) is 75.9 Å². The van der Waals surface area contributed by atoms with Crippen molar-refractivity contribution < 1.29 is 14.3 Å². The smallest absolute Gasteiger partial charge is 0.275 e. The highest BCUT2D eigenvalue weighted by molar-refractivity contribution is 6.47. The van der Waals surface area contributed by atoms with Crippen molar-refractivity contribution in [2.24, 2.45) is 26.7 Å². The maximum absolute atomic E-state index is 14.6. The van der Waals surface area contributed by atoms with E-state index in [2.05, 4.69) is 59.2 Å². The van der Waals surface area contributed by atoms with Crippen LogP contribution in [0.3, 0.4) is 0 Å². The molecule has 10 nitrogen and oxygen atoms in total. The summed E-state index contributed by atoms with van der Waals surface area (Å²) in [4.78, 5) is 34.9. The molecule has 1 aliphatic carbocycles. The van der Waals surface area contributed by atoms with E-state index in [1.165, 1.54) is 0 Å². The normalized spacial score (nSPS) is 20.7. The zero-order valence-electron chi connectivity index (χ0n) is 28.2. The molecule has 250 valence electrons. The molecule has 0 aromatic heterocycles. The van der Waals surface area contributed by atoms with Crippen LogP contribution in [0, 0.1) is 11.3 Å². The molecule has 1 atom stereocenters. The van der Waals surface area contributed by atoms with Crippen LogP contribution in [0.1, 0.15) is 107 Å². The maximum atomic E-state index is 14.6. The number of amides is 2. The summed E-state index contributed by atoms with van der Waals surface area (Å²) in [5.74, 6) is 0.885. The predicted molar refractivity (Wildman–Crippen MR) is 183 cm³/mol. The topological polar surface area (TPSA) is 120 Å². The maximum Gasteiger partial charge on any atom is 0.275 e. The Balaban J connectivity index is 1.67. The van der Waals surface area contributed by atoms with Gasteiger partial charge in [-0.15, -0.1) is 0 Å². The summed E-state index contributed by atoms with van der Waals surface area (Å²) in [5.41, 5.74) is 7.39. The SMILES string of the molecule is CCCCCC(c1ccc(C(=O)NCCN=NNNC)cc1)N1C(=O)C(c2cc(Cl)cc(OC)c2)=NC12CCC(C(C)(C)C)CC2. The van der Waals surface area contributed by atoms with E-state index >= 15 is 0 Å². The average molecular weight is 652 g/mol. The quantitative estimate of drug-likeness (QED) is 0.115. The molecule has 4 rings (SSSR count). The van der Waals surface area contributed by atoms with Crippen LogP contribution in [0.5, 0.6) is 5.75 Å². The molecule has 0 saturated heterocycles. The predicted octanol–water partition coefficient (Wildman–Crippen LogP) is 7.06. The van der Waals surface area contributed by atoms with E-state index in [4.69, 9.17) is 21.3 Å². The van der Waals surface area contributed by atoms with Crippen molar-refractivity contribution in [1.82, 2.24) is 21.2 Å². The lowest BCUT2D eigenvalue weighted by atomic mass is 9.69. The van der Waals surface area contributed by atoms with Gasteiger partial charge in [0.15, 0.2) is 0 Å². The molecule has 1 fully saturated rings. The first kappa shape index (κ1) is 35.4. The van der Waals surface area contributed by atoms with Crippen LogP contribution in [-0.4, -0.2) is 55.3 Å². The minimum absolute atomic E-state index is 0.0798. The molecule has 1 heterocycles. The highest BCUT2D eigenvalue weighted by Crippen LogP contribution is 2.50. The molecule has 2 aliphatic rings. The second-order valence-electron chi connectivity index (χ2n) is 13.4. The number of ether oxygens (including phenoxy) is 1. The number of carbonyl (C=O) groups excluding carboxylic acids is 2. The van der Waals surface area contributed by atoms with Crippen LogP contribution in [0.4, 0.5) is 0 Å². The average Bonchev–Trinajstić information content (AvgIpc) is 3.31. The fraction of sp³-hybridized carbons (Fsp3) is 0.571. The number of nitrogens with zero attached hydrogens (tertiary/aromatic N) is 4. The molecule has 1 spiro atoms. The molecular formula is C35H50ClN7O3. The Morgan fingerprint density at radius 2 is 1.87 bits per heavy atom. The van der Waals surface area contributed by atoms with Gasteiger partial charge in [0.05, 0.1) is 19.7 Å². The second kappa shape index (κ2) is 15.9. The minimum Gasteiger partial charge on any atom is -0.497 e. The molecule has 11 heteroatoms. The van der Waals surface area contributed by atoms with Crippen LogP contribution in [0.25, 0.3) is 0 Å². The molecule has 1 aliphatic heterocycles. The number of hydrogen-bond acceptors (Lipinski definition) is 7. The van der Waals surface area contributed by atoms with E-state index < -0.39 is 5.66 Å². The molecule has 2 aromatic carbocycles. The minimum atomic E-state index is -0.645. The van der Waals surface area contributed by atoms with Gasteiger partial charge in [-0.3, -0.25) is 14.6 Å². The molecule has 0 bridgehead atoms. The third kappa shape index (κ3) is 8.45. The van der Waals surface area contributed by atoms with Gasteiger partial charge >= 0.3 is 0 Å². The monoisotopic (exact) mass is 651 g/mol. The molecule has 2 aromatic rings. The largest absolute Gasteiger partial charge is 0.497 e. The number of rotatable bonds is 14. The number of methoxy groups -OCH3 is 1. The van der Waals surface area contributed by atoms with Gasteiger partial charge in [0, 0.05) is 29.7 Å². The summed E-state index contributed by atoms with van der Waals surface area (Å²) in [6.07, 6.45) is 7.52. The first-order valence-electron chi connectivity index (χ1n) is 16.5. The lowest BCUT2D eigenvalue weighted by Crippen LogP contribution is -2.51. The van der Waals surface area contributed by atoms with Crippen molar-refractivity contribution >= 4 is 29.1 Å². The van der Waals surface area contributed by atoms with Crippen molar-refractivity contribution in [3.05, 3.63) is 64.2 Å². The molecular weight excluding hydrogens is 602 g/mol. The van der Waals surface area contributed by atoms with Crippen molar-refractivity contribution in [2.45, 2.75) is 90.8 Å². The molecule has 1 saturated carbocycles. The molecule has 1 unspecified atom stereocenters. The number of carbonyl (C=O) groups is 2. The summed E-state index contributed by atoms with van der Waals surface area (Å²) in [5, 5.41) is 11.0. The van der Waals surface area contributed by atoms with Crippen molar-refractivity contribution in [1.29, 1.82) is 0 Å². The van der Waals surface area contributed by atoms with Crippen molar-refractivity contribution in [2.75, 3.05) is 27.2 Å². The molecule has 2 amide bonds. The van der Waals surface area contributed by atoms with Gasteiger partial charge < -0.3 is 15.0 Å². The van der Waals surface area contributed by atoms with Gasteiger partial charge in [-0.25, -0.2) is 11.0 Å². The van der Waals surface area contributed by atoms with Crippen LogP contribution in [-0.2, 0) is 4.79 Å². The summed E-state index contributed by atoms with van der Waals surface area (Å²) in [6, 6.07) is 12.9. The lowest BCUT2D eigenvalue weighted by Gasteiger charge is -2.47. The Bertz CT molecular complexity index is 1400. The summed E-state index contributed by atoms with van der Waals surface area (Å²) in [7, 11) is 3.29. The van der Waals surface area contributed by atoms with Gasteiger partial charge in [0.2, 0.25) is 0 Å². The highest BCUT2D eigenvalue weighted by atomic mass is 35.5. The number of aliphatic imine (C=N–C) groups is 1. The van der Waals surface area contributed by atoms with Crippen LogP contribution < -0.4 is 21.0 Å². The van der Waals surface area contributed by atoms with Gasteiger partial charge in [0.25, 0.3) is 11.8 Å². The van der Waals surface area contributed by atoms with Gasteiger partial charge in [-0.2, -0.15) is 5.11 Å². The van der Waals surface area contributed by atoms with Crippen LogP contribution in [0.15, 0.2) is 57.8 Å². The Labute approximate surface area is 278 Å². The highest BCUT2D eigenvalue weighted by Gasteiger charge is 2.52. The number of unbranched alkanes of at least 4 members (excludes halogenated alkanes) is 2. The van der Waals surface area contributed by atoms with E-state index in [0.29, 0.717) is 46.6 Å². The number of hydrogen-bond donors (Lipinski definition) is 3. The fourth-order valence-corrected chi connectivity index (χ4v) is 6.92. The van der Waals surface area contributed by atoms with E-state index in [1.54, 1.807) is 26.3 Å². The molecule has 3 N–H and O–H groups in total. The second-order valence-corrected chi connectivity index (χ2v) is 13.8. The standard InChI is InChI=1S/C35H50ClN7O3/c1-7-8-9-10-30(24-11-13-25(14-12-24)32(44)38-19-20-39-42-41-37-5)43-33(45)31(26-21-28(36)23-29(22-26)46-6)40-35(43)17-15-27(16-18-35)34(2,3)4/h11-14,21-23,27,30H,7-10,15-20H2,1-6H3,(H,37,42)(H,38,44)(H,39,41). The lowest BCUT2D eigenvalue weighted by molar-refractivity contribution is -0.133. The van der Waals surface area contributed by atoms with E-state index in [0.717, 1.165) is 56.9 Å². The molecule has 0 radical (unpaired) electrons. The zero-order chi connectivity index (χ0) is 33.3. The number of halogens is 1. The van der Waals surface area contributed by atoms with E-state index in [9.17, 15) is 9.59 Å². The number of nitrogens with one attached hydrogen (secondary N) is 3. The summed E-state index contributed by atoms with van der Waals surface area (Å²) >= 11 is 6.47. The first-order valence-corrected chi connectivity index (χ1v) is 16.9. The van der Waals surface area contributed by atoms with Crippen LogP contribution in [0.2, 0.25) is 5.02 Å². The zero-order valence-corrected chi connectivity index (χ0v) is 28.9. The van der Waals surface area contributed by atoms with E-state index in [1.807, 2.05) is 30.3 Å². The summed E-state index contributed by atoms with van der Waals surface area (Å²) in [6.45, 7) is 9.81. The first-order chi connectivity index (χ1) is 22.0. The third-order valence-electron chi connectivity index (χ3n) is 9.26. The number of benzene rings is 2. The third-order valence-corrected chi connectivity index (χ3v) is 9.48. The Morgan fingerprint density at radius 1 is 1.15 bits per heavy atom. The van der Waals surface area contributed by atoms with Gasteiger partial charge in [-0.05, 0) is 79.3 Å². The van der Waals surface area contributed by atoms with Crippen molar-refractivity contribution in [3.63, 3.8) is 0 Å². The van der Waals surface area contributed by atoms with E-state index in [-0.39, 0.29) is 23.3 Å². The Kier molecular flexibility index (Phi) is 12.2. The number of hydrazine groups is 1. The van der Waals surface area contributed by atoms with Crippen LogP contribution >= 0.6 is 11.6 Å². The molecule has 46 heavy (non-hydrogen) atoms. The fourth-order valence-electron chi connectivity index (χ4n) is 6.69. The Morgan fingerprint density at radius 3 is 2.50 bits per heavy atom. The Hall–Kier alpha value is -3.50. The summed E-state index contributed by atoms with van der Waals surface area (Å²) < 4.78 is 5.49. The van der Waals surface area contributed by atoms with Gasteiger partial charge in [0.1, 0.15) is 17.1 Å². The van der Waals surface area contributed by atoms with Crippen molar-refractivity contribution in [3.8, 4) is 5.75 Å².